The van der Waals surface area contributed by atoms with E-state index in [2.05, 4.69) is 193 Å². The van der Waals surface area contributed by atoms with Crippen molar-refractivity contribution in [3.8, 4) is 11.1 Å². The first kappa shape index (κ1) is 32.1. The summed E-state index contributed by atoms with van der Waals surface area (Å²) < 4.78 is 0. The van der Waals surface area contributed by atoms with Crippen molar-refractivity contribution < 1.29 is 0 Å². The maximum absolute atomic E-state index is 2.64. The summed E-state index contributed by atoms with van der Waals surface area (Å²) in [5.74, 6) is 0. The van der Waals surface area contributed by atoms with Crippen LogP contribution in [0.4, 0.5) is 34.1 Å². The van der Waals surface area contributed by atoms with Crippen LogP contribution in [0.15, 0.2) is 121 Å². The molecule has 0 N–H and O–H groups in total. The zero-order valence-corrected chi connectivity index (χ0v) is 32.5. The Balaban J connectivity index is 1.41. The topological polar surface area (TPSA) is 6.48 Å². The summed E-state index contributed by atoms with van der Waals surface area (Å²) in [4.78, 5) is 5.24. The predicted molar refractivity (Wildman–Crippen MR) is 225 cm³/mol. The normalized spacial score (nSPS) is 15.2. The molecule has 3 heterocycles. The van der Waals surface area contributed by atoms with Gasteiger partial charge in [-0.15, -0.1) is 0 Å². The van der Waals surface area contributed by atoms with Gasteiger partial charge < -0.3 is 9.80 Å². The SMILES string of the molecule is Cc1cc2c3c(c1)N1c4ccccc4[Si](C)(C)c4cccc(c41)B3c1cc(C(C)(C)C)ccc1N2c1ccc(C(C)(C)C)cc1-c1ccccc1. The molecule has 0 bridgehead atoms. The van der Waals surface area contributed by atoms with Gasteiger partial charge in [0.15, 0.2) is 0 Å². The number of fused-ring (bicyclic) bond motifs is 6. The summed E-state index contributed by atoms with van der Waals surface area (Å²) in [6.07, 6.45) is 0. The van der Waals surface area contributed by atoms with Crippen molar-refractivity contribution in [2.75, 3.05) is 9.80 Å². The Morgan fingerprint density at radius 1 is 0.510 bits per heavy atom. The van der Waals surface area contributed by atoms with Gasteiger partial charge in [0, 0.05) is 34.0 Å². The van der Waals surface area contributed by atoms with E-state index in [1.54, 1.807) is 0 Å². The van der Waals surface area contributed by atoms with Crippen LogP contribution in [-0.2, 0) is 10.8 Å². The molecule has 3 aliphatic rings. The van der Waals surface area contributed by atoms with E-state index in [9.17, 15) is 0 Å². The largest absolute Gasteiger partial charge is 0.312 e. The van der Waals surface area contributed by atoms with Crippen LogP contribution in [0.2, 0.25) is 13.1 Å². The Morgan fingerprint density at radius 2 is 1.12 bits per heavy atom. The molecule has 0 unspecified atom stereocenters. The van der Waals surface area contributed by atoms with Crippen molar-refractivity contribution in [1.29, 1.82) is 0 Å². The fraction of sp³-hybridized carbons (Fsp3) is 0.234. The van der Waals surface area contributed by atoms with Crippen LogP contribution >= 0.6 is 0 Å². The van der Waals surface area contributed by atoms with E-state index in [-0.39, 0.29) is 17.5 Å². The van der Waals surface area contributed by atoms with Crippen LogP contribution in [0.3, 0.4) is 0 Å². The maximum atomic E-state index is 2.64. The second-order valence-electron chi connectivity index (χ2n) is 17.6. The molecule has 0 aliphatic carbocycles. The Hall–Kier alpha value is -4.80. The molecular weight excluding hydrogens is 631 g/mol. The van der Waals surface area contributed by atoms with Crippen LogP contribution < -0.4 is 36.6 Å². The molecule has 3 aliphatic heterocycles. The van der Waals surface area contributed by atoms with Gasteiger partial charge in [0.05, 0.1) is 5.69 Å². The van der Waals surface area contributed by atoms with E-state index in [0.29, 0.717) is 0 Å². The summed E-state index contributed by atoms with van der Waals surface area (Å²) >= 11 is 0. The zero-order chi connectivity index (χ0) is 35.6. The quantitative estimate of drug-likeness (QED) is 0.168. The van der Waals surface area contributed by atoms with Crippen LogP contribution in [0.25, 0.3) is 11.1 Å². The highest BCUT2D eigenvalue weighted by Gasteiger charge is 2.49. The standard InChI is InChI=1S/C47H47BN2Si/c1-30-26-40-44-41(27-30)50-39-19-13-14-20-42(39)51(8,9)43-21-15-18-35(45(43)50)48(44)36-29-33(47(5,6)7)23-25-38(36)49(40)37-24-22-32(46(2,3)4)28-34(37)31-16-11-10-12-17-31/h10-29H,1-9H3. The summed E-state index contributed by atoms with van der Waals surface area (Å²) in [6.45, 7) is 21.4. The molecule has 0 radical (unpaired) electrons. The van der Waals surface area contributed by atoms with E-state index < -0.39 is 8.07 Å². The second-order valence-corrected chi connectivity index (χ2v) is 21.9. The molecule has 0 amide bonds. The fourth-order valence-corrected chi connectivity index (χ4v) is 12.1. The van der Waals surface area contributed by atoms with Gasteiger partial charge in [-0.1, -0.05) is 140 Å². The number of nitrogens with zero attached hydrogens (tertiary/aromatic N) is 2. The van der Waals surface area contributed by atoms with Gasteiger partial charge in [-0.05, 0) is 103 Å². The number of hydrogen-bond donors (Lipinski definition) is 0. The van der Waals surface area contributed by atoms with Crippen LogP contribution in [0.5, 0.6) is 0 Å². The zero-order valence-electron chi connectivity index (χ0n) is 31.5. The van der Waals surface area contributed by atoms with Crippen molar-refractivity contribution in [2.24, 2.45) is 0 Å². The lowest BCUT2D eigenvalue weighted by molar-refractivity contribution is 0.590. The van der Waals surface area contributed by atoms with Crippen molar-refractivity contribution >= 4 is 75.7 Å². The Kier molecular flexibility index (Phi) is 6.84. The average molecular weight is 679 g/mol. The second kappa shape index (κ2) is 10.9. The van der Waals surface area contributed by atoms with Gasteiger partial charge >= 0.3 is 0 Å². The molecule has 9 rings (SSSR count). The third kappa shape index (κ3) is 4.68. The average Bonchev–Trinajstić information content (AvgIpc) is 3.10. The van der Waals surface area contributed by atoms with Crippen molar-refractivity contribution in [2.45, 2.75) is 72.4 Å². The Bertz CT molecular complexity index is 2400. The Labute approximate surface area is 305 Å². The highest BCUT2D eigenvalue weighted by molar-refractivity contribution is 7.05. The molecule has 0 saturated heterocycles. The lowest BCUT2D eigenvalue weighted by Crippen LogP contribution is -2.67. The molecule has 0 fully saturated rings. The molecule has 2 nitrogen and oxygen atoms in total. The van der Waals surface area contributed by atoms with Crippen molar-refractivity contribution in [3.05, 3.63) is 138 Å². The molecule has 0 spiro atoms. The van der Waals surface area contributed by atoms with E-state index >= 15 is 0 Å². The number of aryl methyl sites for hydroxylation is 1. The third-order valence-corrected chi connectivity index (χ3v) is 15.3. The molecular formula is C47H47BN2Si. The van der Waals surface area contributed by atoms with Crippen molar-refractivity contribution in [1.82, 2.24) is 0 Å². The minimum absolute atomic E-state index is 0.0183. The van der Waals surface area contributed by atoms with Gasteiger partial charge in [-0.2, -0.15) is 0 Å². The number of rotatable bonds is 2. The number of anilines is 6. The summed E-state index contributed by atoms with van der Waals surface area (Å²) in [7, 11) is -1.98. The fourth-order valence-electron chi connectivity index (χ4n) is 9.06. The monoisotopic (exact) mass is 678 g/mol. The first-order valence-electron chi connectivity index (χ1n) is 18.6. The van der Waals surface area contributed by atoms with Crippen molar-refractivity contribution in [3.63, 3.8) is 0 Å². The Morgan fingerprint density at radius 3 is 1.82 bits per heavy atom. The number of para-hydroxylation sites is 2. The molecule has 252 valence electrons. The smallest absolute Gasteiger partial charge is 0.252 e. The summed E-state index contributed by atoms with van der Waals surface area (Å²) in [6, 6.07) is 46.8. The molecule has 4 heteroatoms. The molecule has 6 aromatic rings. The van der Waals surface area contributed by atoms with Gasteiger partial charge in [-0.25, -0.2) is 0 Å². The van der Waals surface area contributed by atoms with E-state index in [1.165, 1.54) is 88.7 Å². The summed E-state index contributed by atoms with van der Waals surface area (Å²) in [5.41, 5.74) is 18.6. The maximum Gasteiger partial charge on any atom is 0.252 e. The first-order chi connectivity index (χ1) is 24.2. The molecule has 0 aromatic heterocycles. The molecule has 6 aromatic carbocycles. The van der Waals surface area contributed by atoms with E-state index in [4.69, 9.17) is 0 Å². The first-order valence-corrected chi connectivity index (χ1v) is 21.6. The number of hydrogen-bond acceptors (Lipinski definition) is 2. The predicted octanol–water partition coefficient (Wildman–Crippen LogP) is 9.48. The van der Waals surface area contributed by atoms with Gasteiger partial charge in [-0.3, -0.25) is 0 Å². The lowest BCUT2D eigenvalue weighted by Gasteiger charge is -2.49. The van der Waals surface area contributed by atoms with Gasteiger partial charge in [0.2, 0.25) is 0 Å². The van der Waals surface area contributed by atoms with Gasteiger partial charge in [0.1, 0.15) is 8.07 Å². The summed E-state index contributed by atoms with van der Waals surface area (Å²) in [5, 5.41) is 3.04. The van der Waals surface area contributed by atoms with Crippen LogP contribution in [0.1, 0.15) is 58.2 Å². The molecule has 51 heavy (non-hydrogen) atoms. The van der Waals surface area contributed by atoms with E-state index in [1.807, 2.05) is 0 Å². The third-order valence-electron chi connectivity index (χ3n) is 11.8. The van der Waals surface area contributed by atoms with E-state index in [0.717, 1.165) is 0 Å². The van der Waals surface area contributed by atoms with Crippen LogP contribution in [-0.4, -0.2) is 14.8 Å². The molecule has 0 saturated carbocycles. The number of benzene rings is 6. The highest BCUT2D eigenvalue weighted by atomic mass is 28.3. The van der Waals surface area contributed by atoms with Crippen LogP contribution in [0, 0.1) is 6.92 Å². The highest BCUT2D eigenvalue weighted by Crippen LogP contribution is 2.48. The van der Waals surface area contributed by atoms with Gasteiger partial charge in [0.25, 0.3) is 6.71 Å². The lowest BCUT2D eigenvalue weighted by atomic mass is 9.33. The minimum atomic E-state index is -1.98. The molecule has 0 atom stereocenters. The minimum Gasteiger partial charge on any atom is -0.312 e.